The second kappa shape index (κ2) is 11.7. The molecule has 174 valence electrons. The summed E-state index contributed by atoms with van der Waals surface area (Å²) >= 11 is 1.48. The van der Waals surface area contributed by atoms with E-state index in [1.165, 1.54) is 16.9 Å². The number of hydrogen-bond donors (Lipinski definition) is 2. The van der Waals surface area contributed by atoms with Crippen LogP contribution in [0.5, 0.6) is 0 Å². The Bertz CT molecular complexity index is 1050. The Morgan fingerprint density at radius 3 is 2.69 bits per heavy atom. The minimum Gasteiger partial charge on any atom is -0.389 e. The maximum atomic E-state index is 13.0. The SMILES string of the molecule is COCCCN(Cc1nc2scc(-c3ccc(C)cc3)c2c(=O)[nH]1)C[C@H](O)COC(C)C. The predicted octanol–water partition coefficient (Wildman–Crippen LogP) is 3.58. The smallest absolute Gasteiger partial charge is 0.260 e. The number of aliphatic hydroxyl groups is 1. The molecule has 0 bridgehead atoms. The molecule has 0 aliphatic carbocycles. The third-order valence-corrected chi connectivity index (χ3v) is 6.01. The van der Waals surface area contributed by atoms with Crippen LogP contribution in [0.15, 0.2) is 34.4 Å². The predicted molar refractivity (Wildman–Crippen MR) is 129 cm³/mol. The summed E-state index contributed by atoms with van der Waals surface area (Å²) in [6.07, 6.45) is 0.260. The molecule has 2 N–H and O–H groups in total. The van der Waals surface area contributed by atoms with Crippen LogP contribution in [0, 0.1) is 6.92 Å². The Balaban J connectivity index is 1.79. The molecule has 0 spiro atoms. The van der Waals surface area contributed by atoms with Crippen LogP contribution < -0.4 is 5.56 Å². The molecule has 2 heterocycles. The van der Waals surface area contributed by atoms with Gasteiger partial charge in [-0.2, -0.15) is 0 Å². The van der Waals surface area contributed by atoms with Gasteiger partial charge in [0.25, 0.3) is 5.56 Å². The number of aliphatic hydroxyl groups excluding tert-OH is 1. The number of hydrogen-bond acceptors (Lipinski definition) is 7. The van der Waals surface area contributed by atoms with Gasteiger partial charge in [0.2, 0.25) is 0 Å². The van der Waals surface area contributed by atoms with Gasteiger partial charge >= 0.3 is 0 Å². The topological polar surface area (TPSA) is 87.7 Å². The van der Waals surface area contributed by atoms with Gasteiger partial charge < -0.3 is 19.6 Å². The minimum absolute atomic E-state index is 0.0635. The lowest BCUT2D eigenvalue weighted by molar-refractivity contribution is -0.0106. The zero-order valence-corrected chi connectivity index (χ0v) is 20.1. The zero-order valence-electron chi connectivity index (χ0n) is 19.3. The molecule has 0 saturated heterocycles. The number of nitrogens with zero attached hydrogens (tertiary/aromatic N) is 2. The molecule has 7 nitrogen and oxygen atoms in total. The van der Waals surface area contributed by atoms with Crippen molar-refractivity contribution in [3.05, 3.63) is 51.4 Å². The number of H-pyrrole nitrogens is 1. The quantitative estimate of drug-likeness (QED) is 0.403. The van der Waals surface area contributed by atoms with Gasteiger partial charge in [0.15, 0.2) is 0 Å². The van der Waals surface area contributed by atoms with Gasteiger partial charge in [0.1, 0.15) is 10.7 Å². The van der Waals surface area contributed by atoms with Crippen LogP contribution >= 0.6 is 11.3 Å². The van der Waals surface area contributed by atoms with E-state index in [4.69, 9.17) is 14.5 Å². The van der Waals surface area contributed by atoms with Gasteiger partial charge in [0, 0.05) is 37.7 Å². The first-order chi connectivity index (χ1) is 15.4. The average Bonchev–Trinajstić information content (AvgIpc) is 3.17. The minimum atomic E-state index is -0.620. The molecule has 3 aromatic rings. The van der Waals surface area contributed by atoms with Gasteiger partial charge in [0.05, 0.1) is 30.7 Å². The number of methoxy groups -OCH3 is 1. The molecule has 3 rings (SSSR count). The fraction of sp³-hybridized carbons (Fsp3) is 0.500. The Morgan fingerprint density at radius 2 is 2.00 bits per heavy atom. The summed E-state index contributed by atoms with van der Waals surface area (Å²) in [6, 6.07) is 8.15. The number of aryl methyl sites for hydroxylation is 1. The van der Waals surface area contributed by atoms with E-state index in [1.54, 1.807) is 7.11 Å². The van der Waals surface area contributed by atoms with E-state index in [2.05, 4.69) is 9.88 Å². The average molecular weight is 460 g/mol. The van der Waals surface area contributed by atoms with Crippen molar-refractivity contribution in [3.8, 4) is 11.1 Å². The molecule has 0 aliphatic heterocycles. The van der Waals surface area contributed by atoms with Crippen LogP contribution in [0.4, 0.5) is 0 Å². The Kier molecular flexibility index (Phi) is 8.95. The molecule has 32 heavy (non-hydrogen) atoms. The summed E-state index contributed by atoms with van der Waals surface area (Å²) in [5, 5.41) is 13.0. The molecule has 0 fully saturated rings. The van der Waals surface area contributed by atoms with E-state index in [9.17, 15) is 9.90 Å². The Morgan fingerprint density at radius 1 is 1.25 bits per heavy atom. The lowest BCUT2D eigenvalue weighted by atomic mass is 10.1. The Hall–Kier alpha value is -2.10. The molecule has 0 unspecified atom stereocenters. The summed E-state index contributed by atoms with van der Waals surface area (Å²) in [4.78, 5) is 23.4. The van der Waals surface area contributed by atoms with Crippen molar-refractivity contribution in [1.29, 1.82) is 0 Å². The van der Waals surface area contributed by atoms with Crippen molar-refractivity contribution in [2.24, 2.45) is 0 Å². The molecule has 0 amide bonds. The largest absolute Gasteiger partial charge is 0.389 e. The highest BCUT2D eigenvalue weighted by Crippen LogP contribution is 2.30. The number of aromatic amines is 1. The van der Waals surface area contributed by atoms with Crippen LogP contribution in [0.2, 0.25) is 0 Å². The van der Waals surface area contributed by atoms with Crippen molar-refractivity contribution in [1.82, 2.24) is 14.9 Å². The highest BCUT2D eigenvalue weighted by Gasteiger charge is 2.17. The van der Waals surface area contributed by atoms with E-state index < -0.39 is 6.10 Å². The van der Waals surface area contributed by atoms with Gasteiger partial charge in [-0.3, -0.25) is 9.69 Å². The maximum Gasteiger partial charge on any atom is 0.260 e. The molecule has 1 atom stereocenters. The molecule has 0 saturated carbocycles. The van der Waals surface area contributed by atoms with Gasteiger partial charge in [-0.1, -0.05) is 29.8 Å². The van der Waals surface area contributed by atoms with E-state index in [0.717, 1.165) is 22.4 Å². The number of ether oxygens (including phenoxy) is 2. The third-order valence-electron chi connectivity index (χ3n) is 5.14. The van der Waals surface area contributed by atoms with Crippen LogP contribution in [0.3, 0.4) is 0 Å². The third kappa shape index (κ3) is 6.70. The second-order valence-corrected chi connectivity index (χ2v) is 9.18. The molecule has 1 aromatic carbocycles. The van der Waals surface area contributed by atoms with Crippen LogP contribution in [-0.2, 0) is 16.0 Å². The molecular formula is C24H33N3O4S. The number of rotatable bonds is 12. The number of nitrogens with one attached hydrogen (secondary N) is 1. The van der Waals surface area contributed by atoms with Crippen molar-refractivity contribution in [3.63, 3.8) is 0 Å². The molecular weight excluding hydrogens is 426 g/mol. The zero-order chi connectivity index (χ0) is 23.1. The summed E-state index contributed by atoms with van der Waals surface area (Å²) < 4.78 is 10.7. The number of benzene rings is 1. The molecule has 8 heteroatoms. The van der Waals surface area contributed by atoms with Crippen molar-refractivity contribution in [2.75, 3.05) is 33.4 Å². The first-order valence-corrected chi connectivity index (χ1v) is 11.8. The summed E-state index contributed by atoms with van der Waals surface area (Å²) in [5.74, 6) is 0.592. The highest BCUT2D eigenvalue weighted by molar-refractivity contribution is 7.17. The summed E-state index contributed by atoms with van der Waals surface area (Å²) in [7, 11) is 1.67. The first kappa shape index (κ1) is 24.5. The van der Waals surface area contributed by atoms with E-state index in [0.29, 0.717) is 37.5 Å². The maximum absolute atomic E-state index is 13.0. The molecule has 0 radical (unpaired) electrons. The number of fused-ring (bicyclic) bond motifs is 1. The van der Waals surface area contributed by atoms with Gasteiger partial charge in [-0.25, -0.2) is 4.98 Å². The standard InChI is InChI=1S/C24H33N3O4S/c1-16(2)31-14-19(28)12-27(10-5-11-30-4)13-21-25-23(29)22-20(15-32-24(22)26-21)18-8-6-17(3)7-9-18/h6-9,15-16,19,28H,5,10-14H2,1-4H3,(H,25,26,29)/t19-/m0/s1. The fourth-order valence-electron chi connectivity index (χ4n) is 3.55. The molecule has 0 aliphatic rings. The van der Waals surface area contributed by atoms with Crippen molar-refractivity contribution in [2.45, 2.75) is 45.9 Å². The lowest BCUT2D eigenvalue weighted by Crippen LogP contribution is -2.37. The van der Waals surface area contributed by atoms with E-state index in [-0.39, 0.29) is 18.3 Å². The highest BCUT2D eigenvalue weighted by atomic mass is 32.1. The number of thiophene rings is 1. The summed E-state index contributed by atoms with van der Waals surface area (Å²) in [6.45, 7) is 8.41. The van der Waals surface area contributed by atoms with E-state index in [1.807, 2.05) is 50.4 Å². The van der Waals surface area contributed by atoms with Crippen LogP contribution in [0.25, 0.3) is 21.3 Å². The van der Waals surface area contributed by atoms with Gasteiger partial charge in [-0.05, 0) is 32.8 Å². The van der Waals surface area contributed by atoms with Crippen LogP contribution in [-0.4, -0.2) is 65.6 Å². The normalized spacial score (nSPS) is 12.8. The first-order valence-electron chi connectivity index (χ1n) is 11.0. The lowest BCUT2D eigenvalue weighted by Gasteiger charge is -2.25. The van der Waals surface area contributed by atoms with E-state index >= 15 is 0 Å². The number of aromatic nitrogens is 2. The molecule has 2 aromatic heterocycles. The van der Waals surface area contributed by atoms with Crippen LogP contribution in [0.1, 0.15) is 31.7 Å². The second-order valence-electron chi connectivity index (χ2n) is 8.33. The monoisotopic (exact) mass is 459 g/mol. The fourth-order valence-corrected chi connectivity index (χ4v) is 4.51. The Labute approximate surface area is 193 Å². The van der Waals surface area contributed by atoms with Gasteiger partial charge in [-0.15, -0.1) is 11.3 Å². The van der Waals surface area contributed by atoms with Crippen molar-refractivity contribution >= 4 is 21.6 Å². The van der Waals surface area contributed by atoms with Crippen molar-refractivity contribution < 1.29 is 14.6 Å². The summed E-state index contributed by atoms with van der Waals surface area (Å²) in [5.41, 5.74) is 2.96.